The van der Waals surface area contributed by atoms with Crippen LogP contribution in [0, 0.1) is 22.7 Å². The summed E-state index contributed by atoms with van der Waals surface area (Å²) in [6.45, 7) is 0. The van der Waals surface area contributed by atoms with E-state index in [-0.39, 0.29) is 0 Å². The summed E-state index contributed by atoms with van der Waals surface area (Å²) in [6, 6.07) is 67.8. The van der Waals surface area contributed by atoms with Gasteiger partial charge in [0.05, 0.1) is 50.6 Å². The van der Waals surface area contributed by atoms with Crippen LogP contribution in [0.4, 0.5) is 0 Å². The standard InChI is InChI=1S/C50H30N4/c51-31-33-12-11-17-38(26-33)44-30-47(53-45-20-9-7-18-40(45)42-24-22-36(27-48(42)53)34-13-3-1-4-14-34)39(32-52)29-50(44)54-46-21-10-8-19-41(46)43-25-23-37(28-49(43)54)35-15-5-2-6-16-35/h1-30H. The van der Waals surface area contributed by atoms with Gasteiger partial charge in [0.1, 0.15) is 6.07 Å². The van der Waals surface area contributed by atoms with Gasteiger partial charge in [-0.3, -0.25) is 0 Å². The van der Waals surface area contributed by atoms with Crippen molar-refractivity contribution in [2.24, 2.45) is 0 Å². The summed E-state index contributed by atoms with van der Waals surface area (Å²) in [7, 11) is 0. The average Bonchev–Trinajstić information content (AvgIpc) is 3.75. The quantitative estimate of drug-likeness (QED) is 0.181. The largest absolute Gasteiger partial charge is 0.309 e. The molecule has 250 valence electrons. The van der Waals surface area contributed by atoms with E-state index in [1.807, 2.05) is 36.4 Å². The summed E-state index contributed by atoms with van der Waals surface area (Å²) in [6.07, 6.45) is 0. The lowest BCUT2D eigenvalue weighted by molar-refractivity contribution is 1.14. The fourth-order valence-corrected chi connectivity index (χ4v) is 8.10. The van der Waals surface area contributed by atoms with Gasteiger partial charge in [-0.05, 0) is 76.3 Å². The smallest absolute Gasteiger partial charge is 0.101 e. The van der Waals surface area contributed by atoms with E-state index in [0.29, 0.717) is 11.1 Å². The second-order valence-electron chi connectivity index (χ2n) is 13.6. The number of nitriles is 2. The maximum absolute atomic E-state index is 11.1. The first-order chi connectivity index (χ1) is 26.7. The third-order valence-corrected chi connectivity index (χ3v) is 10.6. The molecule has 0 N–H and O–H groups in total. The molecule has 10 rings (SSSR count). The number of hydrogen-bond donors (Lipinski definition) is 0. The fraction of sp³-hybridized carbons (Fsp3) is 0. The highest BCUT2D eigenvalue weighted by Gasteiger charge is 2.22. The number of fused-ring (bicyclic) bond motifs is 6. The van der Waals surface area contributed by atoms with Crippen molar-refractivity contribution in [3.63, 3.8) is 0 Å². The average molecular weight is 687 g/mol. The van der Waals surface area contributed by atoms with Crippen molar-refractivity contribution >= 4 is 43.6 Å². The van der Waals surface area contributed by atoms with E-state index in [4.69, 9.17) is 0 Å². The number of aromatic nitrogens is 2. The molecule has 0 atom stereocenters. The molecule has 0 saturated heterocycles. The Morgan fingerprint density at radius 2 is 0.833 bits per heavy atom. The molecule has 0 aliphatic rings. The predicted octanol–water partition coefficient (Wildman–Crippen LogP) is 12.6. The highest BCUT2D eigenvalue weighted by molar-refractivity contribution is 6.12. The normalized spacial score (nSPS) is 11.3. The van der Waals surface area contributed by atoms with Gasteiger partial charge in [0.2, 0.25) is 0 Å². The highest BCUT2D eigenvalue weighted by Crippen LogP contribution is 2.42. The minimum Gasteiger partial charge on any atom is -0.309 e. The minimum atomic E-state index is 0.545. The SMILES string of the molecule is N#Cc1cccc(-c2cc(-n3c4ccccc4c4ccc(-c5ccccc5)cc43)c(C#N)cc2-n2c3ccccc3c3ccc(-c4ccccc4)cc32)c1. The Balaban J connectivity index is 1.32. The first-order valence-electron chi connectivity index (χ1n) is 18.0. The molecule has 54 heavy (non-hydrogen) atoms. The predicted molar refractivity (Wildman–Crippen MR) is 221 cm³/mol. The van der Waals surface area contributed by atoms with Crippen molar-refractivity contribution in [1.29, 1.82) is 10.5 Å². The molecule has 0 radical (unpaired) electrons. The van der Waals surface area contributed by atoms with Crippen molar-refractivity contribution in [3.8, 4) is 56.9 Å². The van der Waals surface area contributed by atoms with Gasteiger partial charge in [0.25, 0.3) is 0 Å². The molecule has 0 saturated carbocycles. The van der Waals surface area contributed by atoms with Gasteiger partial charge in [0.15, 0.2) is 0 Å². The van der Waals surface area contributed by atoms with Crippen LogP contribution in [0.5, 0.6) is 0 Å². The molecule has 0 aliphatic carbocycles. The second kappa shape index (κ2) is 12.5. The van der Waals surface area contributed by atoms with Gasteiger partial charge in [-0.1, -0.05) is 133 Å². The maximum atomic E-state index is 11.1. The molecular formula is C50H30N4. The molecule has 4 nitrogen and oxygen atoms in total. The third kappa shape index (κ3) is 4.90. The molecule has 10 aromatic rings. The lowest BCUT2D eigenvalue weighted by atomic mass is 9.97. The summed E-state index contributed by atoms with van der Waals surface area (Å²) in [5.41, 5.74) is 13.2. The molecule has 0 aliphatic heterocycles. The number of benzene rings is 8. The Morgan fingerprint density at radius 1 is 0.333 bits per heavy atom. The van der Waals surface area contributed by atoms with Crippen LogP contribution < -0.4 is 0 Å². The van der Waals surface area contributed by atoms with Gasteiger partial charge < -0.3 is 9.13 Å². The van der Waals surface area contributed by atoms with Crippen LogP contribution in [0.3, 0.4) is 0 Å². The minimum absolute atomic E-state index is 0.545. The van der Waals surface area contributed by atoms with Crippen molar-refractivity contribution in [3.05, 3.63) is 193 Å². The van der Waals surface area contributed by atoms with E-state index in [1.54, 1.807) is 0 Å². The van der Waals surface area contributed by atoms with Gasteiger partial charge in [0, 0.05) is 27.1 Å². The van der Waals surface area contributed by atoms with E-state index in [9.17, 15) is 10.5 Å². The Hall–Kier alpha value is -7.66. The van der Waals surface area contributed by atoms with Gasteiger partial charge in [-0.25, -0.2) is 0 Å². The van der Waals surface area contributed by atoms with Crippen molar-refractivity contribution in [1.82, 2.24) is 9.13 Å². The van der Waals surface area contributed by atoms with E-state index in [2.05, 4.69) is 167 Å². The second-order valence-corrected chi connectivity index (χ2v) is 13.6. The zero-order valence-electron chi connectivity index (χ0n) is 29.1. The summed E-state index contributed by atoms with van der Waals surface area (Å²) < 4.78 is 4.52. The molecule has 0 fully saturated rings. The zero-order valence-corrected chi connectivity index (χ0v) is 29.1. The summed E-state index contributed by atoms with van der Waals surface area (Å²) in [4.78, 5) is 0. The van der Waals surface area contributed by atoms with Crippen LogP contribution in [0.15, 0.2) is 182 Å². The van der Waals surface area contributed by atoms with Crippen LogP contribution in [0.25, 0.3) is 88.4 Å². The number of nitrogens with zero attached hydrogens (tertiary/aromatic N) is 4. The summed E-state index contributed by atoms with van der Waals surface area (Å²) in [5, 5.41) is 25.6. The van der Waals surface area contributed by atoms with Crippen LogP contribution in [0.1, 0.15) is 11.1 Å². The number of rotatable bonds is 5. The van der Waals surface area contributed by atoms with Crippen molar-refractivity contribution < 1.29 is 0 Å². The number of hydrogen-bond acceptors (Lipinski definition) is 2. The molecular weight excluding hydrogens is 657 g/mol. The number of para-hydroxylation sites is 2. The molecule has 0 unspecified atom stereocenters. The lowest BCUT2D eigenvalue weighted by Crippen LogP contribution is -2.04. The molecule has 0 spiro atoms. The van der Waals surface area contributed by atoms with E-state index < -0.39 is 0 Å². The first-order valence-corrected chi connectivity index (χ1v) is 18.0. The van der Waals surface area contributed by atoms with Gasteiger partial charge in [-0.15, -0.1) is 0 Å². The monoisotopic (exact) mass is 686 g/mol. The Kier molecular flexibility index (Phi) is 7.22. The Bertz CT molecular complexity index is 3170. The van der Waals surface area contributed by atoms with Crippen LogP contribution in [-0.2, 0) is 0 Å². The molecule has 0 amide bonds. The van der Waals surface area contributed by atoms with E-state index in [0.717, 1.165) is 88.4 Å². The maximum Gasteiger partial charge on any atom is 0.101 e. The van der Waals surface area contributed by atoms with Crippen molar-refractivity contribution in [2.45, 2.75) is 0 Å². The van der Waals surface area contributed by atoms with Crippen LogP contribution >= 0.6 is 0 Å². The first kappa shape index (κ1) is 31.1. The fourth-order valence-electron chi connectivity index (χ4n) is 8.10. The third-order valence-electron chi connectivity index (χ3n) is 10.6. The summed E-state index contributed by atoms with van der Waals surface area (Å²) in [5.74, 6) is 0. The molecule has 2 heterocycles. The zero-order chi connectivity index (χ0) is 36.2. The molecule has 4 heteroatoms. The Labute approximate surface area is 312 Å². The van der Waals surface area contributed by atoms with Crippen LogP contribution in [0.2, 0.25) is 0 Å². The van der Waals surface area contributed by atoms with E-state index in [1.165, 1.54) is 0 Å². The topological polar surface area (TPSA) is 57.4 Å². The van der Waals surface area contributed by atoms with Crippen LogP contribution in [-0.4, -0.2) is 9.13 Å². The molecule has 0 bridgehead atoms. The van der Waals surface area contributed by atoms with E-state index >= 15 is 0 Å². The summed E-state index contributed by atoms with van der Waals surface area (Å²) >= 11 is 0. The molecule has 8 aromatic carbocycles. The van der Waals surface area contributed by atoms with Gasteiger partial charge >= 0.3 is 0 Å². The Morgan fingerprint density at radius 3 is 1.39 bits per heavy atom. The van der Waals surface area contributed by atoms with Gasteiger partial charge in [-0.2, -0.15) is 10.5 Å². The molecule has 2 aromatic heterocycles. The lowest BCUT2D eigenvalue weighted by Gasteiger charge is -2.19. The van der Waals surface area contributed by atoms with Crippen molar-refractivity contribution in [2.75, 3.05) is 0 Å². The highest BCUT2D eigenvalue weighted by atomic mass is 15.0.